The Morgan fingerprint density at radius 3 is 2.70 bits per heavy atom. The fourth-order valence-corrected chi connectivity index (χ4v) is 2.78. The van der Waals surface area contributed by atoms with Gasteiger partial charge < -0.3 is 15.4 Å². The van der Waals surface area contributed by atoms with Crippen LogP contribution in [0.15, 0.2) is 18.2 Å². The largest absolute Gasteiger partial charge is 0.444 e. The molecule has 0 bridgehead atoms. The molecule has 128 valence electrons. The van der Waals surface area contributed by atoms with Crippen molar-refractivity contribution < 1.29 is 9.53 Å². The lowest BCUT2D eigenvalue weighted by atomic mass is 10.1. The van der Waals surface area contributed by atoms with Crippen molar-refractivity contribution in [3.8, 4) is 0 Å². The van der Waals surface area contributed by atoms with E-state index in [1.54, 1.807) is 11.0 Å². The third kappa shape index (κ3) is 5.59. The first-order chi connectivity index (χ1) is 10.7. The van der Waals surface area contributed by atoms with Gasteiger partial charge in [0.1, 0.15) is 5.60 Å². The highest BCUT2D eigenvalue weighted by Crippen LogP contribution is 2.20. The maximum Gasteiger partial charge on any atom is 0.410 e. The molecule has 5 nitrogen and oxygen atoms in total. The van der Waals surface area contributed by atoms with Crippen molar-refractivity contribution in [3.05, 3.63) is 28.8 Å². The van der Waals surface area contributed by atoms with Crippen LogP contribution in [0.25, 0.3) is 0 Å². The van der Waals surface area contributed by atoms with Crippen LogP contribution in [0.3, 0.4) is 0 Å². The Hall–Kier alpha value is -1.46. The van der Waals surface area contributed by atoms with Crippen LogP contribution in [-0.4, -0.2) is 47.7 Å². The van der Waals surface area contributed by atoms with E-state index >= 15 is 0 Å². The Morgan fingerprint density at radius 1 is 1.26 bits per heavy atom. The maximum atomic E-state index is 12.2. The topological polar surface area (TPSA) is 58.8 Å². The zero-order chi connectivity index (χ0) is 17.0. The minimum atomic E-state index is -0.460. The number of benzene rings is 1. The highest BCUT2D eigenvalue weighted by Gasteiger charge is 2.24. The molecule has 0 aromatic heterocycles. The molecule has 1 amide bonds. The Balaban J connectivity index is 1.93. The van der Waals surface area contributed by atoms with E-state index in [1.165, 1.54) is 0 Å². The minimum absolute atomic E-state index is 0.235. The number of hydrogen-bond acceptors (Lipinski definition) is 4. The second-order valence-corrected chi connectivity index (χ2v) is 7.38. The molecule has 6 heteroatoms. The first-order valence-electron chi connectivity index (χ1n) is 7.99. The van der Waals surface area contributed by atoms with Crippen molar-refractivity contribution in [3.63, 3.8) is 0 Å². The van der Waals surface area contributed by atoms with E-state index in [4.69, 9.17) is 22.1 Å². The van der Waals surface area contributed by atoms with Gasteiger partial charge >= 0.3 is 6.09 Å². The summed E-state index contributed by atoms with van der Waals surface area (Å²) in [5.41, 5.74) is 7.34. The fourth-order valence-electron chi connectivity index (χ4n) is 2.59. The third-order valence-corrected chi connectivity index (χ3v) is 3.97. The fraction of sp³-hybridized carbons (Fsp3) is 0.588. The summed E-state index contributed by atoms with van der Waals surface area (Å²) < 4.78 is 5.45. The van der Waals surface area contributed by atoms with Crippen molar-refractivity contribution in [2.24, 2.45) is 0 Å². The van der Waals surface area contributed by atoms with E-state index in [-0.39, 0.29) is 6.09 Å². The molecule has 2 rings (SSSR count). The van der Waals surface area contributed by atoms with E-state index < -0.39 is 5.60 Å². The highest BCUT2D eigenvalue weighted by atomic mass is 35.5. The number of halogens is 1. The number of rotatable bonds is 2. The second kappa shape index (κ2) is 7.41. The standard InChI is InChI=1S/C17H26ClN3O2/c1-17(2,3)23-16(22)21-8-4-7-20(9-10-21)12-13-11-14(18)5-6-15(13)19/h5-6,11H,4,7-10,12,19H2,1-3H3. The lowest BCUT2D eigenvalue weighted by molar-refractivity contribution is 0.0257. The molecular weight excluding hydrogens is 314 g/mol. The zero-order valence-corrected chi connectivity index (χ0v) is 14.9. The van der Waals surface area contributed by atoms with Gasteiger partial charge in [-0.2, -0.15) is 0 Å². The minimum Gasteiger partial charge on any atom is -0.444 e. The lowest BCUT2D eigenvalue weighted by Gasteiger charge is -2.26. The number of ether oxygens (including phenoxy) is 1. The number of carbonyl (C=O) groups is 1. The predicted molar refractivity (Wildman–Crippen MR) is 93.6 cm³/mol. The summed E-state index contributed by atoms with van der Waals surface area (Å²) in [6, 6.07) is 5.54. The Morgan fingerprint density at radius 2 is 2.00 bits per heavy atom. The molecule has 1 saturated heterocycles. The van der Waals surface area contributed by atoms with Crippen LogP contribution in [0, 0.1) is 0 Å². The number of amides is 1. The molecule has 0 aliphatic carbocycles. The predicted octanol–water partition coefficient (Wildman–Crippen LogP) is 3.37. The molecule has 0 spiro atoms. The normalized spacial score (nSPS) is 17.0. The zero-order valence-electron chi connectivity index (χ0n) is 14.1. The van der Waals surface area contributed by atoms with E-state index in [2.05, 4.69) is 4.90 Å². The number of anilines is 1. The first-order valence-corrected chi connectivity index (χ1v) is 8.36. The van der Waals surface area contributed by atoms with E-state index in [0.29, 0.717) is 11.6 Å². The smallest absolute Gasteiger partial charge is 0.410 e. The quantitative estimate of drug-likeness (QED) is 0.839. The molecule has 1 fully saturated rings. The molecule has 0 atom stereocenters. The van der Waals surface area contributed by atoms with E-state index in [0.717, 1.165) is 43.9 Å². The molecule has 0 radical (unpaired) electrons. The Kier molecular flexibility index (Phi) is 5.76. The van der Waals surface area contributed by atoms with Gasteiger partial charge in [0.15, 0.2) is 0 Å². The van der Waals surface area contributed by atoms with Crippen molar-refractivity contribution in [1.82, 2.24) is 9.80 Å². The van der Waals surface area contributed by atoms with Crippen LogP contribution in [0.5, 0.6) is 0 Å². The summed E-state index contributed by atoms with van der Waals surface area (Å²) in [4.78, 5) is 16.3. The molecule has 1 heterocycles. The summed E-state index contributed by atoms with van der Waals surface area (Å²) in [7, 11) is 0. The molecule has 1 aliphatic heterocycles. The van der Waals surface area contributed by atoms with Gasteiger partial charge in [-0.05, 0) is 51.0 Å². The van der Waals surface area contributed by atoms with Gasteiger partial charge in [0.25, 0.3) is 0 Å². The van der Waals surface area contributed by atoms with Crippen LogP contribution >= 0.6 is 11.6 Å². The van der Waals surface area contributed by atoms with E-state index in [1.807, 2.05) is 32.9 Å². The van der Waals surface area contributed by atoms with Crippen LogP contribution in [0.1, 0.15) is 32.8 Å². The molecule has 0 unspecified atom stereocenters. The summed E-state index contributed by atoms with van der Waals surface area (Å²) >= 11 is 6.05. The molecule has 23 heavy (non-hydrogen) atoms. The van der Waals surface area contributed by atoms with Crippen molar-refractivity contribution in [1.29, 1.82) is 0 Å². The van der Waals surface area contributed by atoms with Crippen LogP contribution < -0.4 is 5.73 Å². The van der Waals surface area contributed by atoms with Gasteiger partial charge in [-0.3, -0.25) is 4.90 Å². The summed E-state index contributed by atoms with van der Waals surface area (Å²) in [6.45, 7) is 9.50. The van der Waals surface area contributed by atoms with Gasteiger partial charge in [-0.1, -0.05) is 11.6 Å². The molecule has 2 N–H and O–H groups in total. The number of carbonyl (C=O) groups excluding carboxylic acids is 1. The van der Waals surface area contributed by atoms with Crippen molar-refractivity contribution in [2.45, 2.75) is 39.3 Å². The van der Waals surface area contributed by atoms with Gasteiger partial charge in [-0.15, -0.1) is 0 Å². The third-order valence-electron chi connectivity index (χ3n) is 3.74. The Labute approximate surface area is 143 Å². The van der Waals surface area contributed by atoms with Crippen LogP contribution in [0.2, 0.25) is 5.02 Å². The number of hydrogen-bond donors (Lipinski definition) is 1. The first kappa shape index (κ1) is 17.9. The number of nitrogens with zero attached hydrogens (tertiary/aromatic N) is 2. The van der Waals surface area contributed by atoms with Gasteiger partial charge in [0.2, 0.25) is 0 Å². The van der Waals surface area contributed by atoms with Crippen LogP contribution in [-0.2, 0) is 11.3 Å². The highest BCUT2D eigenvalue weighted by molar-refractivity contribution is 6.30. The van der Waals surface area contributed by atoms with Gasteiger partial charge in [0, 0.05) is 43.4 Å². The lowest BCUT2D eigenvalue weighted by Crippen LogP contribution is -2.39. The van der Waals surface area contributed by atoms with E-state index in [9.17, 15) is 4.79 Å². The molecule has 1 aromatic carbocycles. The average Bonchev–Trinajstić information content (AvgIpc) is 2.67. The summed E-state index contributed by atoms with van der Waals surface area (Å²) in [5.74, 6) is 0. The van der Waals surface area contributed by atoms with Crippen LogP contribution in [0.4, 0.5) is 10.5 Å². The molecule has 0 saturated carbocycles. The summed E-state index contributed by atoms with van der Waals surface area (Å²) in [5, 5.41) is 0.694. The summed E-state index contributed by atoms with van der Waals surface area (Å²) in [6.07, 6.45) is 0.682. The SMILES string of the molecule is CC(C)(C)OC(=O)N1CCCN(Cc2cc(Cl)ccc2N)CC1. The number of nitrogen functional groups attached to an aromatic ring is 1. The Bertz CT molecular complexity index is 557. The average molecular weight is 340 g/mol. The number of nitrogens with two attached hydrogens (primary N) is 1. The molecule has 1 aromatic rings. The molecule has 1 aliphatic rings. The van der Waals surface area contributed by atoms with Gasteiger partial charge in [0.05, 0.1) is 0 Å². The van der Waals surface area contributed by atoms with Crippen molar-refractivity contribution >= 4 is 23.4 Å². The van der Waals surface area contributed by atoms with Crippen molar-refractivity contribution in [2.75, 3.05) is 31.9 Å². The molecular formula is C17H26ClN3O2. The van der Waals surface area contributed by atoms with Gasteiger partial charge in [-0.25, -0.2) is 4.79 Å². The second-order valence-electron chi connectivity index (χ2n) is 6.94. The maximum absolute atomic E-state index is 12.2. The monoisotopic (exact) mass is 339 g/mol.